The van der Waals surface area contributed by atoms with Crippen molar-refractivity contribution in [2.45, 2.75) is 219 Å². The van der Waals surface area contributed by atoms with Crippen molar-refractivity contribution in [1.82, 2.24) is 0 Å². The van der Waals surface area contributed by atoms with Crippen LogP contribution in [0.1, 0.15) is 213 Å². The van der Waals surface area contributed by atoms with E-state index >= 15 is 0 Å². The summed E-state index contributed by atoms with van der Waals surface area (Å²) < 4.78 is 16.7. The number of carbonyl (C=O) groups excluding carboxylic acids is 3. The normalized spacial score (nSPS) is 13.6. The van der Waals surface area contributed by atoms with Crippen LogP contribution in [0.2, 0.25) is 0 Å². The Bertz CT molecular complexity index is 1960. The molecule has 436 valence electrons. The monoisotopic (exact) mass is 1080 g/mol. The summed E-state index contributed by atoms with van der Waals surface area (Å²) in [5.74, 6) is -1.14. The fourth-order valence-electron chi connectivity index (χ4n) is 7.35. The highest BCUT2D eigenvalue weighted by molar-refractivity contribution is 5.72. The lowest BCUT2D eigenvalue weighted by atomic mass is 10.1. The van der Waals surface area contributed by atoms with Crippen LogP contribution < -0.4 is 0 Å². The van der Waals surface area contributed by atoms with Crippen molar-refractivity contribution in [3.8, 4) is 0 Å². The number of ether oxygens (including phenoxy) is 3. The van der Waals surface area contributed by atoms with Gasteiger partial charge in [0.1, 0.15) is 13.2 Å². The third-order valence-electron chi connectivity index (χ3n) is 11.8. The molecule has 0 aliphatic heterocycles. The van der Waals surface area contributed by atoms with E-state index < -0.39 is 12.1 Å². The van der Waals surface area contributed by atoms with E-state index in [1.165, 1.54) is 0 Å². The van der Waals surface area contributed by atoms with Gasteiger partial charge in [-0.25, -0.2) is 0 Å². The lowest BCUT2D eigenvalue weighted by Crippen LogP contribution is -2.30. The molecule has 0 N–H and O–H groups in total. The van der Waals surface area contributed by atoms with Gasteiger partial charge in [-0.1, -0.05) is 253 Å². The molecule has 0 aliphatic rings. The number of allylic oxidation sites excluding steroid dienone is 33. The van der Waals surface area contributed by atoms with Crippen molar-refractivity contribution in [2.24, 2.45) is 0 Å². The third kappa shape index (κ3) is 62.7. The summed E-state index contributed by atoms with van der Waals surface area (Å²) in [6.45, 7) is 6.14. The van der Waals surface area contributed by atoms with Crippen LogP contribution in [0, 0.1) is 0 Å². The summed E-state index contributed by atoms with van der Waals surface area (Å²) in [4.78, 5) is 38.1. The molecule has 79 heavy (non-hydrogen) atoms. The second-order valence-corrected chi connectivity index (χ2v) is 19.1. The molecule has 1 atom stereocenters. The lowest BCUT2D eigenvalue weighted by molar-refractivity contribution is -0.166. The second-order valence-electron chi connectivity index (χ2n) is 19.1. The summed E-state index contributed by atoms with van der Waals surface area (Å²) in [5.41, 5.74) is 0. The minimum atomic E-state index is -0.866. The number of esters is 3. The van der Waals surface area contributed by atoms with Gasteiger partial charge < -0.3 is 14.2 Å². The van der Waals surface area contributed by atoms with Crippen LogP contribution in [-0.2, 0) is 28.6 Å². The van der Waals surface area contributed by atoms with Gasteiger partial charge in [0.15, 0.2) is 6.10 Å². The Kier molecular flexibility index (Phi) is 59.6. The fraction of sp³-hybridized carbons (Fsp3) is 0.493. The minimum Gasteiger partial charge on any atom is -0.462 e. The van der Waals surface area contributed by atoms with Crippen molar-refractivity contribution >= 4 is 17.9 Å². The zero-order valence-electron chi connectivity index (χ0n) is 49.8. The SMILES string of the molecule is CC/C=C\C/C=C\C/C=C\C/C=C\C/C=C\C/C=C\C/C=C\C/C=C\C/C=C\CCCCCCCC(=O)OCC(COC(=O)CCCCC/C=C\C/C=C\C/C=C\CC)OC(=O)C/C=C\C/C=C\C/C=C\C/C=C\C/C=C\CC. The summed E-state index contributed by atoms with van der Waals surface area (Å²) in [6.07, 6.45) is 100. The van der Waals surface area contributed by atoms with Crippen LogP contribution in [0.3, 0.4) is 0 Å². The van der Waals surface area contributed by atoms with Crippen LogP contribution in [0.5, 0.6) is 0 Å². The second kappa shape index (κ2) is 64.5. The first-order valence-electron chi connectivity index (χ1n) is 30.6. The van der Waals surface area contributed by atoms with E-state index in [-0.39, 0.29) is 38.0 Å². The van der Waals surface area contributed by atoms with Gasteiger partial charge >= 0.3 is 17.9 Å². The van der Waals surface area contributed by atoms with E-state index in [2.05, 4.69) is 215 Å². The number of rotatable bonds is 52. The molecule has 0 aliphatic carbocycles. The molecule has 0 spiro atoms. The maximum Gasteiger partial charge on any atom is 0.310 e. The Hall–Kier alpha value is -6.01. The summed E-state index contributed by atoms with van der Waals surface area (Å²) in [6, 6.07) is 0. The zero-order chi connectivity index (χ0) is 57.1. The molecule has 0 rings (SSSR count). The molecule has 0 saturated carbocycles. The predicted octanol–water partition coefficient (Wildman–Crippen LogP) is 21.2. The minimum absolute atomic E-state index is 0.0743. The van der Waals surface area contributed by atoms with Gasteiger partial charge in [0.05, 0.1) is 6.42 Å². The average molecular weight is 1080 g/mol. The summed E-state index contributed by atoms with van der Waals surface area (Å²) in [5, 5.41) is 0. The van der Waals surface area contributed by atoms with Crippen LogP contribution in [0.15, 0.2) is 207 Å². The third-order valence-corrected chi connectivity index (χ3v) is 11.8. The maximum absolute atomic E-state index is 12.8. The topological polar surface area (TPSA) is 78.9 Å². The summed E-state index contributed by atoms with van der Waals surface area (Å²) in [7, 11) is 0. The van der Waals surface area contributed by atoms with E-state index in [1.54, 1.807) is 6.08 Å². The highest BCUT2D eigenvalue weighted by Gasteiger charge is 2.19. The van der Waals surface area contributed by atoms with Crippen molar-refractivity contribution in [3.63, 3.8) is 0 Å². The first-order valence-corrected chi connectivity index (χ1v) is 30.6. The van der Waals surface area contributed by atoms with Crippen LogP contribution in [-0.4, -0.2) is 37.2 Å². The number of hydrogen-bond donors (Lipinski definition) is 0. The molecule has 0 radical (unpaired) electrons. The molecule has 0 fully saturated rings. The van der Waals surface area contributed by atoms with Gasteiger partial charge in [-0.2, -0.15) is 0 Å². The van der Waals surface area contributed by atoms with Crippen LogP contribution in [0.25, 0.3) is 0 Å². The molecule has 0 amide bonds. The van der Waals surface area contributed by atoms with Crippen LogP contribution >= 0.6 is 0 Å². The molecule has 6 heteroatoms. The van der Waals surface area contributed by atoms with E-state index in [0.717, 1.165) is 167 Å². The molecule has 0 bridgehead atoms. The quantitative estimate of drug-likeness (QED) is 0.0261. The first-order chi connectivity index (χ1) is 39.0. The van der Waals surface area contributed by atoms with Gasteiger partial charge in [0, 0.05) is 12.8 Å². The van der Waals surface area contributed by atoms with Gasteiger partial charge in [0.2, 0.25) is 0 Å². The molecule has 0 heterocycles. The molecular formula is C73H108O6. The Morgan fingerprint density at radius 2 is 0.494 bits per heavy atom. The number of unbranched alkanes of at least 4 members (excludes halogenated alkanes) is 8. The predicted molar refractivity (Wildman–Crippen MR) is 343 cm³/mol. The van der Waals surface area contributed by atoms with Crippen molar-refractivity contribution in [2.75, 3.05) is 13.2 Å². The van der Waals surface area contributed by atoms with Gasteiger partial charge in [-0.3, -0.25) is 14.4 Å². The highest BCUT2D eigenvalue weighted by Crippen LogP contribution is 2.11. The van der Waals surface area contributed by atoms with E-state index in [4.69, 9.17) is 14.2 Å². The van der Waals surface area contributed by atoms with Crippen molar-refractivity contribution < 1.29 is 28.6 Å². The maximum atomic E-state index is 12.8. The smallest absolute Gasteiger partial charge is 0.310 e. The Morgan fingerprint density at radius 1 is 0.266 bits per heavy atom. The highest BCUT2D eigenvalue weighted by atomic mass is 16.6. The number of carbonyl (C=O) groups is 3. The van der Waals surface area contributed by atoms with Gasteiger partial charge in [-0.15, -0.1) is 0 Å². The van der Waals surface area contributed by atoms with E-state index in [9.17, 15) is 14.4 Å². The average Bonchev–Trinajstić information content (AvgIpc) is 3.45. The molecule has 0 aromatic rings. The number of hydrogen-bond acceptors (Lipinski definition) is 6. The molecule has 6 nitrogen and oxygen atoms in total. The molecule has 0 aromatic carbocycles. The van der Waals surface area contributed by atoms with Crippen LogP contribution in [0.4, 0.5) is 0 Å². The van der Waals surface area contributed by atoms with E-state index in [0.29, 0.717) is 12.8 Å². The van der Waals surface area contributed by atoms with Gasteiger partial charge in [0.25, 0.3) is 0 Å². The molecule has 0 saturated heterocycles. The fourth-order valence-corrected chi connectivity index (χ4v) is 7.35. The Morgan fingerprint density at radius 3 is 0.785 bits per heavy atom. The first kappa shape index (κ1) is 73.0. The van der Waals surface area contributed by atoms with Crippen molar-refractivity contribution in [3.05, 3.63) is 207 Å². The van der Waals surface area contributed by atoms with E-state index in [1.807, 2.05) is 6.08 Å². The summed E-state index contributed by atoms with van der Waals surface area (Å²) >= 11 is 0. The Balaban J connectivity index is 4.44. The Labute approximate surface area is 483 Å². The molecular weight excluding hydrogens is 973 g/mol. The van der Waals surface area contributed by atoms with Crippen molar-refractivity contribution in [1.29, 1.82) is 0 Å². The molecule has 1 unspecified atom stereocenters. The molecule has 0 aromatic heterocycles. The van der Waals surface area contributed by atoms with Gasteiger partial charge in [-0.05, 0) is 148 Å². The standard InChI is InChI=1S/C73H108O6/c1-4-7-10-13-16-19-22-25-27-28-29-30-31-32-33-34-35-36-37-38-39-40-41-42-43-44-46-48-51-54-57-60-63-66-72(75)78-69-70(68-77-71(74)65-62-59-56-53-50-47-24-21-18-15-12-9-6-3)79-73(76)67-64-61-58-55-52-49-45-26-23-20-17-14-11-8-5-2/h7-12,16-21,25-27,29-30,32-33,35-36,38-39,41-42,44-47,50,52,55,61,64,70H,4-6,13-15,22-24,28,31,34,37,40,43,48-49,51,53-54,56-60,62-63,65-69H2,1-3H3/b10-7-,11-8-,12-9-,19-16-,20-17-,21-18-,27-25-,30-29-,33-32-,36-35-,39-38-,42-41-,45-26-,46-44-,50-47-,55-52-,64-61-. The zero-order valence-corrected chi connectivity index (χ0v) is 49.8. The largest absolute Gasteiger partial charge is 0.462 e. The lowest BCUT2D eigenvalue weighted by Gasteiger charge is -2.18.